The lowest BCUT2D eigenvalue weighted by Gasteiger charge is -2.12. The summed E-state index contributed by atoms with van der Waals surface area (Å²) in [7, 11) is 1.62. The van der Waals surface area contributed by atoms with Gasteiger partial charge in [0, 0.05) is 24.2 Å². The van der Waals surface area contributed by atoms with E-state index in [1.165, 1.54) is 0 Å². The largest absolute Gasteiger partial charge is 0.497 e. The second-order valence-corrected chi connectivity index (χ2v) is 6.08. The van der Waals surface area contributed by atoms with Gasteiger partial charge in [0.05, 0.1) is 7.11 Å². The van der Waals surface area contributed by atoms with Gasteiger partial charge in [-0.15, -0.1) is 0 Å². The van der Waals surface area contributed by atoms with Gasteiger partial charge in [0.1, 0.15) is 12.3 Å². The van der Waals surface area contributed by atoms with Gasteiger partial charge in [0.25, 0.3) is 0 Å². The number of hydrogen-bond acceptors (Lipinski definition) is 3. The van der Waals surface area contributed by atoms with Crippen molar-refractivity contribution in [3.63, 3.8) is 0 Å². The van der Waals surface area contributed by atoms with Gasteiger partial charge < -0.3 is 20.7 Å². The van der Waals surface area contributed by atoms with E-state index in [4.69, 9.17) is 16.3 Å². The van der Waals surface area contributed by atoms with Crippen LogP contribution < -0.4 is 20.7 Å². The summed E-state index contributed by atoms with van der Waals surface area (Å²) in [5, 5.41) is 9.95. The molecule has 24 heavy (non-hydrogen) atoms. The van der Waals surface area contributed by atoms with Crippen LogP contribution >= 0.6 is 11.6 Å². The zero-order valence-corrected chi connectivity index (χ0v) is 14.9. The maximum Gasteiger partial charge on any atom is 0.242 e. The molecule has 0 atom stereocenters. The number of methoxy groups -OCH3 is 1. The standard InChI is InChI=1S/C17H25ClN4O2/c1-3-19-17(21-11-16(23)22-13-5-6-13)20-9-8-12-4-7-14(24-2)10-15(12)18/h4,7,10,13H,3,5-6,8-9,11H2,1-2H3,(H,22,23)(H2,19,20,21). The van der Waals surface area contributed by atoms with Crippen LogP contribution in [0.15, 0.2) is 23.2 Å². The summed E-state index contributed by atoms with van der Waals surface area (Å²) >= 11 is 6.24. The highest BCUT2D eigenvalue weighted by Crippen LogP contribution is 2.22. The molecule has 6 nitrogen and oxygen atoms in total. The van der Waals surface area contributed by atoms with Crippen LogP contribution in [0.5, 0.6) is 5.75 Å². The maximum absolute atomic E-state index is 11.7. The molecule has 1 fully saturated rings. The van der Waals surface area contributed by atoms with E-state index in [0.717, 1.165) is 37.1 Å². The smallest absolute Gasteiger partial charge is 0.242 e. The summed E-state index contributed by atoms with van der Waals surface area (Å²) < 4.78 is 5.14. The predicted octanol–water partition coefficient (Wildman–Crippen LogP) is 1.72. The van der Waals surface area contributed by atoms with Crippen molar-refractivity contribution in [3.05, 3.63) is 28.8 Å². The van der Waals surface area contributed by atoms with Gasteiger partial charge >= 0.3 is 0 Å². The van der Waals surface area contributed by atoms with Gasteiger partial charge in [-0.2, -0.15) is 0 Å². The number of benzene rings is 1. The molecule has 0 aliphatic heterocycles. The van der Waals surface area contributed by atoms with Crippen LogP contribution in [0.4, 0.5) is 0 Å². The average molecular weight is 353 g/mol. The summed E-state index contributed by atoms with van der Waals surface area (Å²) in [6, 6.07) is 6.01. The molecular weight excluding hydrogens is 328 g/mol. The first-order chi connectivity index (χ1) is 11.6. The predicted molar refractivity (Wildman–Crippen MR) is 96.9 cm³/mol. The summed E-state index contributed by atoms with van der Waals surface area (Å²) in [6.45, 7) is 3.53. The lowest BCUT2D eigenvalue weighted by atomic mass is 10.1. The van der Waals surface area contributed by atoms with Crippen LogP contribution in [0.2, 0.25) is 5.02 Å². The molecule has 1 aromatic carbocycles. The fourth-order valence-electron chi connectivity index (χ4n) is 2.17. The fourth-order valence-corrected chi connectivity index (χ4v) is 2.43. The van der Waals surface area contributed by atoms with Crippen molar-refractivity contribution < 1.29 is 9.53 Å². The first kappa shape index (κ1) is 18.4. The highest BCUT2D eigenvalue weighted by molar-refractivity contribution is 6.31. The molecule has 0 bridgehead atoms. The first-order valence-electron chi connectivity index (χ1n) is 8.26. The van der Waals surface area contributed by atoms with Gasteiger partial charge in [0.2, 0.25) is 5.91 Å². The quantitative estimate of drug-likeness (QED) is 0.492. The monoisotopic (exact) mass is 352 g/mol. The van der Waals surface area contributed by atoms with E-state index in [2.05, 4.69) is 20.9 Å². The van der Waals surface area contributed by atoms with Crippen molar-refractivity contribution in [2.45, 2.75) is 32.2 Å². The number of halogens is 1. The highest BCUT2D eigenvalue weighted by atomic mass is 35.5. The normalized spacial score (nSPS) is 14.2. The number of aliphatic imine (C=N–C) groups is 1. The van der Waals surface area contributed by atoms with Crippen LogP contribution in [0.25, 0.3) is 0 Å². The minimum absolute atomic E-state index is 0.0344. The van der Waals surface area contributed by atoms with Crippen LogP contribution in [0.3, 0.4) is 0 Å². The minimum atomic E-state index is -0.0344. The molecule has 3 N–H and O–H groups in total. The molecule has 0 aromatic heterocycles. The highest BCUT2D eigenvalue weighted by Gasteiger charge is 2.22. The van der Waals surface area contributed by atoms with Crippen molar-refractivity contribution >= 4 is 23.5 Å². The van der Waals surface area contributed by atoms with E-state index in [1.807, 2.05) is 19.1 Å². The summed E-state index contributed by atoms with van der Waals surface area (Å²) in [5.74, 6) is 1.34. The summed E-state index contributed by atoms with van der Waals surface area (Å²) in [4.78, 5) is 16.0. The first-order valence-corrected chi connectivity index (χ1v) is 8.64. The third-order valence-corrected chi connectivity index (χ3v) is 3.97. The molecule has 1 aliphatic carbocycles. The van der Waals surface area contributed by atoms with Crippen molar-refractivity contribution in [2.75, 3.05) is 26.7 Å². The Hall–Kier alpha value is -1.95. The molecule has 0 heterocycles. The van der Waals surface area contributed by atoms with Crippen LogP contribution in [-0.4, -0.2) is 44.7 Å². The lowest BCUT2D eigenvalue weighted by Crippen LogP contribution is -2.39. The average Bonchev–Trinajstić information content (AvgIpc) is 3.37. The molecule has 7 heteroatoms. The number of carbonyl (C=O) groups excluding carboxylic acids is 1. The van der Waals surface area contributed by atoms with E-state index >= 15 is 0 Å². The molecule has 1 amide bonds. The molecule has 1 aliphatic rings. The SMILES string of the molecule is CCNC(=NCC(=O)NC1CC1)NCCc1ccc(OC)cc1Cl. The molecule has 0 saturated heterocycles. The second kappa shape index (κ2) is 9.37. The van der Waals surface area contributed by atoms with E-state index in [0.29, 0.717) is 23.6 Å². The van der Waals surface area contributed by atoms with Crippen molar-refractivity contribution in [1.82, 2.24) is 16.0 Å². The summed E-state index contributed by atoms with van der Waals surface area (Å²) in [6.07, 6.45) is 2.91. The van der Waals surface area contributed by atoms with Crippen LogP contribution in [0, 0.1) is 0 Å². The number of rotatable bonds is 8. The number of carbonyl (C=O) groups is 1. The second-order valence-electron chi connectivity index (χ2n) is 5.67. The van der Waals surface area contributed by atoms with Gasteiger partial charge in [-0.3, -0.25) is 4.79 Å². The maximum atomic E-state index is 11.7. The fraction of sp³-hybridized carbons (Fsp3) is 0.529. The summed E-state index contributed by atoms with van der Waals surface area (Å²) in [5.41, 5.74) is 1.03. The third kappa shape index (κ3) is 6.28. The Morgan fingerprint density at radius 3 is 2.79 bits per heavy atom. The van der Waals surface area contributed by atoms with Gasteiger partial charge in [-0.1, -0.05) is 17.7 Å². The molecule has 2 rings (SSSR count). The Kier molecular flexibility index (Phi) is 7.18. The Bertz CT molecular complexity index is 588. The number of guanidine groups is 1. The third-order valence-electron chi connectivity index (χ3n) is 3.61. The Labute approximate surface area is 148 Å². The molecule has 0 spiro atoms. The van der Waals surface area contributed by atoms with Gasteiger partial charge in [-0.25, -0.2) is 4.99 Å². The Balaban J connectivity index is 1.80. The number of ether oxygens (including phenoxy) is 1. The number of hydrogen-bond donors (Lipinski definition) is 3. The Morgan fingerprint density at radius 1 is 1.38 bits per heavy atom. The van der Waals surface area contributed by atoms with E-state index in [-0.39, 0.29) is 12.5 Å². The van der Waals surface area contributed by atoms with Crippen molar-refractivity contribution in [1.29, 1.82) is 0 Å². The van der Waals surface area contributed by atoms with E-state index in [9.17, 15) is 4.79 Å². The van der Waals surface area contributed by atoms with Crippen LogP contribution in [0.1, 0.15) is 25.3 Å². The number of nitrogens with one attached hydrogen (secondary N) is 3. The number of amides is 1. The molecule has 1 aromatic rings. The topological polar surface area (TPSA) is 74.8 Å². The molecule has 1 saturated carbocycles. The molecular formula is C17H25ClN4O2. The zero-order valence-electron chi connectivity index (χ0n) is 14.2. The minimum Gasteiger partial charge on any atom is -0.497 e. The lowest BCUT2D eigenvalue weighted by molar-refractivity contribution is -0.119. The van der Waals surface area contributed by atoms with Gasteiger partial charge in [0.15, 0.2) is 5.96 Å². The molecule has 0 radical (unpaired) electrons. The van der Waals surface area contributed by atoms with E-state index in [1.54, 1.807) is 13.2 Å². The molecule has 0 unspecified atom stereocenters. The number of nitrogens with zero attached hydrogens (tertiary/aromatic N) is 1. The van der Waals surface area contributed by atoms with E-state index < -0.39 is 0 Å². The zero-order chi connectivity index (χ0) is 17.4. The van der Waals surface area contributed by atoms with Crippen molar-refractivity contribution in [3.8, 4) is 5.75 Å². The Morgan fingerprint density at radius 2 is 2.17 bits per heavy atom. The van der Waals surface area contributed by atoms with Crippen molar-refractivity contribution in [2.24, 2.45) is 4.99 Å². The van der Waals surface area contributed by atoms with Crippen LogP contribution in [-0.2, 0) is 11.2 Å². The molecule has 132 valence electrons. The van der Waals surface area contributed by atoms with Gasteiger partial charge in [-0.05, 0) is 43.9 Å².